The lowest BCUT2D eigenvalue weighted by atomic mass is 10.1. The molecule has 4 heterocycles. The van der Waals surface area contributed by atoms with Gasteiger partial charge in [0.1, 0.15) is 36.6 Å². The number of Topliss-reactive ketones (excluding diaryl/α,β-unsaturated/α-hetero) is 2. The Labute approximate surface area is 459 Å². The van der Waals surface area contributed by atoms with Crippen molar-refractivity contribution in [3.8, 4) is 28.7 Å². The van der Waals surface area contributed by atoms with E-state index in [0.29, 0.717) is 41.1 Å². The highest BCUT2D eigenvalue weighted by molar-refractivity contribution is 6.01. The van der Waals surface area contributed by atoms with Crippen LogP contribution in [0.4, 0.5) is 84.0 Å². The standard InChI is InChI=1S/2C22H18F3N5O4.C11H8O3/c2*1-2-14(31)11-33-15-5-3-4-12(8-15)28-21-26-10-16(23)19(30-21)27-13-6-7-18-17(9-13)29-20(32)22(24,25)34-18;12-10-8-4-2-1-3-7(8)5-6-9(10)11(13)14/h2*3-10H,2,11H2,1H3,(H,29,32)(H2,26,27,28,30);1-6,12H,(H,13,14). The van der Waals surface area contributed by atoms with Crippen molar-refractivity contribution in [1.82, 2.24) is 15.0 Å². The van der Waals surface area contributed by atoms with Crippen molar-refractivity contribution in [2.24, 2.45) is 0 Å². The molecule has 0 saturated heterocycles. The summed E-state index contributed by atoms with van der Waals surface area (Å²) in [6, 6.07) is 31.2. The number of ether oxygens (including phenoxy) is 4. The molecule has 82 heavy (non-hydrogen) atoms. The van der Waals surface area contributed by atoms with Crippen LogP contribution in [0.5, 0.6) is 28.7 Å². The second-order valence-electron chi connectivity index (χ2n) is 17.3. The second kappa shape index (κ2) is 24.9. The molecular weight excluding hydrogens is 1090 g/mol. The monoisotopic (exact) mass is 1130 g/mol. The first kappa shape index (κ1) is 57.4. The first-order valence-corrected chi connectivity index (χ1v) is 24.3. The minimum atomic E-state index is -3.98. The number of nitrogens with zero attached hydrogens (tertiary/aromatic N) is 3. The highest BCUT2D eigenvalue weighted by atomic mass is 19.3. The number of amides is 2. The molecule has 0 saturated carbocycles. The smallest absolute Gasteiger partial charge is 0.482 e. The van der Waals surface area contributed by atoms with Crippen LogP contribution in [-0.4, -0.2) is 74.8 Å². The molecule has 0 spiro atoms. The van der Waals surface area contributed by atoms with E-state index in [0.717, 1.165) is 17.8 Å². The number of ketones is 2. The molecule has 10 rings (SSSR count). The molecule has 21 nitrogen and oxygen atoms in total. The Hall–Kier alpha value is -10.7. The van der Waals surface area contributed by atoms with E-state index >= 15 is 0 Å². The lowest BCUT2D eigenvalue weighted by Gasteiger charge is -2.25. The summed E-state index contributed by atoms with van der Waals surface area (Å²) in [5.74, 6) is -6.06. The number of carbonyl (C=O) groups is 5. The number of anilines is 10. The van der Waals surface area contributed by atoms with Crippen LogP contribution in [0, 0.1) is 11.6 Å². The lowest BCUT2D eigenvalue weighted by Crippen LogP contribution is -2.43. The fourth-order valence-electron chi connectivity index (χ4n) is 7.22. The van der Waals surface area contributed by atoms with Crippen molar-refractivity contribution in [3.63, 3.8) is 0 Å². The number of rotatable bonds is 17. The quantitative estimate of drug-likeness (QED) is 0.0417. The van der Waals surface area contributed by atoms with Crippen LogP contribution in [-0.2, 0) is 19.2 Å². The van der Waals surface area contributed by atoms with E-state index in [1.54, 1.807) is 86.6 Å². The molecule has 2 aromatic heterocycles. The number of hydrogen-bond acceptors (Lipinski definition) is 17. The fraction of sp³-hybridized carbons (Fsp3) is 0.145. The summed E-state index contributed by atoms with van der Waals surface area (Å²) in [7, 11) is 0. The molecule has 0 unspecified atom stereocenters. The van der Waals surface area contributed by atoms with Gasteiger partial charge in [0.25, 0.3) is 0 Å². The van der Waals surface area contributed by atoms with Crippen LogP contribution in [0.15, 0.2) is 134 Å². The molecule has 27 heteroatoms. The van der Waals surface area contributed by atoms with Gasteiger partial charge in [0, 0.05) is 42.0 Å². The van der Waals surface area contributed by atoms with E-state index < -0.39 is 47.4 Å². The van der Waals surface area contributed by atoms with E-state index in [2.05, 4.69) is 50.7 Å². The Morgan fingerprint density at radius 2 is 1.17 bits per heavy atom. The van der Waals surface area contributed by atoms with Gasteiger partial charge in [-0.05, 0) is 82.5 Å². The molecule has 0 bridgehead atoms. The summed E-state index contributed by atoms with van der Waals surface area (Å²) < 4.78 is 102. The number of benzene rings is 6. The molecule has 0 fully saturated rings. The van der Waals surface area contributed by atoms with Crippen molar-refractivity contribution in [1.29, 1.82) is 0 Å². The second-order valence-corrected chi connectivity index (χ2v) is 17.3. The molecule has 422 valence electrons. The van der Waals surface area contributed by atoms with Crippen molar-refractivity contribution >= 4 is 97.8 Å². The normalized spacial score (nSPS) is 13.2. The van der Waals surface area contributed by atoms with Gasteiger partial charge in [-0.15, -0.1) is 0 Å². The number of carboxylic acids is 1. The van der Waals surface area contributed by atoms with Crippen LogP contribution in [0.3, 0.4) is 0 Å². The topological polar surface area (TPSA) is 291 Å². The van der Waals surface area contributed by atoms with Gasteiger partial charge in [-0.25, -0.2) is 24.5 Å². The van der Waals surface area contributed by atoms with E-state index in [9.17, 15) is 55.4 Å². The van der Waals surface area contributed by atoms with Crippen molar-refractivity contribution in [2.45, 2.75) is 38.9 Å². The predicted molar refractivity (Wildman–Crippen MR) is 282 cm³/mol. The number of fused-ring (bicyclic) bond motifs is 3. The minimum Gasteiger partial charge on any atom is -0.871 e. The van der Waals surface area contributed by atoms with Gasteiger partial charge in [-0.2, -0.15) is 26.9 Å². The Balaban J connectivity index is 0.000000174. The molecule has 0 atom stereocenters. The molecule has 2 aliphatic heterocycles. The molecule has 8 aromatic rings. The molecule has 2 amide bonds. The van der Waals surface area contributed by atoms with Crippen LogP contribution in [0.1, 0.15) is 37.0 Å². The van der Waals surface area contributed by atoms with Crippen molar-refractivity contribution < 1.29 is 84.5 Å². The highest BCUT2D eigenvalue weighted by Gasteiger charge is 2.47. The van der Waals surface area contributed by atoms with Gasteiger partial charge < -0.3 is 55.7 Å². The number of hydrogen-bond donors (Lipinski definition) is 7. The van der Waals surface area contributed by atoms with E-state index in [4.69, 9.17) is 14.6 Å². The molecule has 0 radical (unpaired) electrons. The van der Waals surface area contributed by atoms with Gasteiger partial charge in [-0.1, -0.05) is 62.1 Å². The predicted octanol–water partition coefficient (Wildman–Crippen LogP) is 9.80. The maximum atomic E-state index is 14.3. The number of nitrogens with one attached hydrogen (secondary N) is 7. The average molecular weight is 1140 g/mol. The van der Waals surface area contributed by atoms with Crippen molar-refractivity contribution in [2.75, 3.05) is 45.1 Å². The van der Waals surface area contributed by atoms with Gasteiger partial charge in [0.2, 0.25) is 17.6 Å². The number of aromatic nitrogens is 4. The average Bonchev–Trinajstić information content (AvgIpc) is 3.59. The third-order valence-corrected chi connectivity index (χ3v) is 11.4. The van der Waals surface area contributed by atoms with E-state index in [1.165, 1.54) is 42.5 Å². The van der Waals surface area contributed by atoms with Crippen molar-refractivity contribution in [3.05, 3.63) is 151 Å². The summed E-state index contributed by atoms with van der Waals surface area (Å²) >= 11 is 0. The highest BCUT2D eigenvalue weighted by Crippen LogP contribution is 2.39. The number of carboxylic acid groups (broad SMARTS) is 1. The van der Waals surface area contributed by atoms with Crippen LogP contribution >= 0.6 is 0 Å². The Morgan fingerprint density at radius 3 is 1.72 bits per heavy atom. The van der Waals surface area contributed by atoms with Gasteiger partial charge in [0.15, 0.2) is 34.7 Å². The summed E-state index contributed by atoms with van der Waals surface area (Å²) in [5, 5.41) is 36.9. The number of carbonyl (C=O) groups excluding carboxylic acids is 4. The molecule has 0 aliphatic carbocycles. The molecule has 2 aliphatic rings. The third kappa shape index (κ3) is 14.5. The van der Waals surface area contributed by atoms with E-state index in [1.807, 2.05) is 16.7 Å². The van der Waals surface area contributed by atoms with Gasteiger partial charge in [0.05, 0.1) is 23.1 Å². The fourth-order valence-corrected chi connectivity index (χ4v) is 7.22. The van der Waals surface area contributed by atoms with Crippen LogP contribution in [0.2, 0.25) is 0 Å². The lowest BCUT2D eigenvalue weighted by molar-refractivity contribution is -0.367. The van der Waals surface area contributed by atoms with Crippen LogP contribution in [0.25, 0.3) is 10.8 Å². The Morgan fingerprint density at radius 1 is 0.646 bits per heavy atom. The number of alkyl halides is 4. The summed E-state index contributed by atoms with van der Waals surface area (Å²) in [6.45, 7) is 3.40. The zero-order valence-electron chi connectivity index (χ0n) is 42.7. The number of H-pyrrole nitrogens is 1. The van der Waals surface area contributed by atoms with Crippen LogP contribution < -0.4 is 60.9 Å². The first-order valence-electron chi connectivity index (χ1n) is 24.3. The maximum absolute atomic E-state index is 14.3. The largest absolute Gasteiger partial charge is 0.871 e. The SMILES string of the molecule is CCC(=O)COc1cccc(Nc2nc(Nc3ccc4c(c3)NC(=O)C(F)(F)O4)c(F)c[nH+]2)c1.CCC(=O)COc1cccc(Nc2ncc(F)c(Nc3ccc4c(c3)NC(=O)C(F)(F)O4)n2)c1.O=C(O)c1ccc2ccccc2c1[O-]. The first-order chi connectivity index (χ1) is 39.2. The molecular formula is C55H44F6N10O11. The number of aromatic amines is 1. The zero-order valence-corrected chi connectivity index (χ0v) is 42.7. The number of halogens is 6. The molecule has 6 aromatic carbocycles. The summed E-state index contributed by atoms with van der Waals surface area (Å²) in [4.78, 5) is 71.2. The third-order valence-electron chi connectivity index (χ3n) is 11.4. The summed E-state index contributed by atoms with van der Waals surface area (Å²) in [5.41, 5.74) is 1.45. The number of aromatic carboxylic acids is 1. The Kier molecular flexibility index (Phi) is 17.5. The molecule has 8 N–H and O–H groups in total. The van der Waals surface area contributed by atoms with Gasteiger partial charge >= 0.3 is 35.9 Å². The minimum absolute atomic E-state index is 0.000504. The maximum Gasteiger partial charge on any atom is 0.482 e. The summed E-state index contributed by atoms with van der Waals surface area (Å²) in [6.07, 6.45) is -5.19. The Bertz CT molecular complexity index is 3560. The zero-order chi connectivity index (χ0) is 58.7. The van der Waals surface area contributed by atoms with Gasteiger partial charge in [-0.3, -0.25) is 19.2 Å². The van der Waals surface area contributed by atoms with E-state index in [-0.39, 0.29) is 88.1 Å².